The number of fused-ring (bicyclic) bond motifs is 7. The summed E-state index contributed by atoms with van der Waals surface area (Å²) in [6.07, 6.45) is 3.44. The third kappa shape index (κ3) is 2.29. The number of rotatable bonds is 2. The molecule has 3 aromatic rings. The normalized spacial score (nSPS) is 21.2. The van der Waals surface area contributed by atoms with Crippen molar-refractivity contribution in [2.24, 2.45) is 0 Å². The summed E-state index contributed by atoms with van der Waals surface area (Å²) in [6.45, 7) is 0. The van der Waals surface area contributed by atoms with E-state index in [4.69, 9.17) is 0 Å². The Kier molecular flexibility index (Phi) is 3.82. The molecule has 2 aliphatic heterocycles. The summed E-state index contributed by atoms with van der Waals surface area (Å²) in [5.74, 6) is -0.0389. The number of benzene rings is 3. The van der Waals surface area contributed by atoms with E-state index in [-0.39, 0.29) is 5.91 Å². The van der Waals surface area contributed by atoms with E-state index in [2.05, 4.69) is 42.7 Å². The molecule has 1 aliphatic carbocycles. The van der Waals surface area contributed by atoms with Crippen molar-refractivity contribution >= 4 is 34.5 Å². The minimum absolute atomic E-state index is 0.0389. The number of aliphatic hydroxyl groups excluding tert-OH is 1. The van der Waals surface area contributed by atoms with Gasteiger partial charge in [-0.25, -0.2) is 0 Å². The molecule has 0 saturated carbocycles. The fourth-order valence-corrected chi connectivity index (χ4v) is 5.38. The molecule has 1 amide bonds. The van der Waals surface area contributed by atoms with Gasteiger partial charge in [0.25, 0.3) is 5.91 Å². The van der Waals surface area contributed by atoms with Gasteiger partial charge < -0.3 is 5.11 Å². The fraction of sp³-hybridized carbons (Fsp3) is 0.115. The first-order chi connectivity index (χ1) is 14.7. The van der Waals surface area contributed by atoms with E-state index in [1.54, 1.807) is 16.7 Å². The maximum atomic E-state index is 13.3. The first-order valence-corrected chi connectivity index (χ1v) is 11.2. The summed E-state index contributed by atoms with van der Waals surface area (Å²) >= 11 is 1.71. The number of amides is 1. The van der Waals surface area contributed by atoms with Gasteiger partial charge in [-0.2, -0.15) is 0 Å². The van der Waals surface area contributed by atoms with E-state index in [1.165, 1.54) is 4.90 Å². The molecule has 1 N–H and O–H groups in total. The first-order valence-electron chi connectivity index (χ1n) is 9.99. The van der Waals surface area contributed by atoms with Gasteiger partial charge in [0.2, 0.25) is 0 Å². The average molecular weight is 410 g/mol. The van der Waals surface area contributed by atoms with Crippen molar-refractivity contribution in [2.75, 3.05) is 6.26 Å². The molecule has 0 saturated heterocycles. The number of hydrogen-bond donors (Lipinski definition) is 1. The third-order valence-corrected chi connectivity index (χ3v) is 7.07. The van der Waals surface area contributed by atoms with Gasteiger partial charge in [0.1, 0.15) is 6.10 Å². The molecular weight excluding hydrogens is 390 g/mol. The van der Waals surface area contributed by atoms with Crippen LogP contribution in [0.4, 0.5) is 0 Å². The van der Waals surface area contributed by atoms with Gasteiger partial charge in [0.05, 0.1) is 11.7 Å². The standard InChI is InChI=1S/C26H19NO2S/c1-30-16-12-10-15(11-13-16)21-14-22-17-6-2-5-9-20(17)26(29)27(22)24-23(21)18-7-3-4-8-19(18)25(24)28/h2-14,24-25,28H,1H3/t24-,25-/m1/s1. The summed E-state index contributed by atoms with van der Waals surface area (Å²) in [5.41, 5.74) is 7.62. The molecule has 0 unspecified atom stereocenters. The highest BCUT2D eigenvalue weighted by Gasteiger charge is 2.49. The van der Waals surface area contributed by atoms with Gasteiger partial charge in [-0.05, 0) is 58.4 Å². The van der Waals surface area contributed by atoms with Gasteiger partial charge in [0, 0.05) is 16.0 Å². The van der Waals surface area contributed by atoms with E-state index >= 15 is 0 Å². The predicted octanol–water partition coefficient (Wildman–Crippen LogP) is 5.25. The van der Waals surface area contributed by atoms with Gasteiger partial charge >= 0.3 is 0 Å². The highest BCUT2D eigenvalue weighted by molar-refractivity contribution is 7.98. The van der Waals surface area contributed by atoms with E-state index in [1.807, 2.05) is 42.5 Å². The van der Waals surface area contributed by atoms with Crippen molar-refractivity contribution in [1.82, 2.24) is 4.90 Å². The lowest BCUT2D eigenvalue weighted by Crippen LogP contribution is -2.39. The number of carbonyl (C=O) groups excluding carboxylic acids is 1. The molecule has 3 nitrogen and oxygen atoms in total. The molecule has 3 aliphatic rings. The minimum atomic E-state index is -0.751. The zero-order valence-electron chi connectivity index (χ0n) is 16.4. The largest absolute Gasteiger partial charge is 0.386 e. The Morgan fingerprint density at radius 3 is 2.27 bits per heavy atom. The molecule has 4 heteroatoms. The highest BCUT2D eigenvalue weighted by Crippen LogP contribution is 2.53. The number of thioether (sulfide) groups is 1. The molecule has 30 heavy (non-hydrogen) atoms. The minimum Gasteiger partial charge on any atom is -0.386 e. The third-order valence-electron chi connectivity index (χ3n) is 6.33. The molecule has 3 aromatic carbocycles. The number of carbonyl (C=O) groups is 1. The van der Waals surface area contributed by atoms with Crippen molar-refractivity contribution in [3.8, 4) is 0 Å². The highest BCUT2D eigenvalue weighted by atomic mass is 32.2. The van der Waals surface area contributed by atoms with Crippen LogP contribution in [0.1, 0.15) is 38.7 Å². The van der Waals surface area contributed by atoms with Crippen LogP contribution < -0.4 is 0 Å². The Labute approximate surface area is 179 Å². The fourth-order valence-electron chi connectivity index (χ4n) is 4.97. The zero-order valence-corrected chi connectivity index (χ0v) is 17.2. The zero-order chi connectivity index (χ0) is 20.4. The molecule has 0 spiro atoms. The maximum Gasteiger partial charge on any atom is 0.259 e. The van der Waals surface area contributed by atoms with Crippen LogP contribution in [0.5, 0.6) is 0 Å². The topological polar surface area (TPSA) is 40.5 Å². The van der Waals surface area contributed by atoms with Crippen LogP contribution in [0.2, 0.25) is 0 Å². The van der Waals surface area contributed by atoms with Crippen LogP contribution in [0.3, 0.4) is 0 Å². The number of hydrogen-bond acceptors (Lipinski definition) is 3. The Morgan fingerprint density at radius 2 is 1.53 bits per heavy atom. The predicted molar refractivity (Wildman–Crippen MR) is 121 cm³/mol. The molecule has 6 rings (SSSR count). The van der Waals surface area contributed by atoms with Gasteiger partial charge in [-0.1, -0.05) is 54.6 Å². The summed E-state index contributed by atoms with van der Waals surface area (Å²) in [7, 11) is 0. The van der Waals surface area contributed by atoms with E-state index in [9.17, 15) is 9.90 Å². The van der Waals surface area contributed by atoms with Crippen LogP contribution in [-0.2, 0) is 0 Å². The van der Waals surface area contributed by atoms with Crippen molar-refractivity contribution in [3.05, 3.63) is 107 Å². The van der Waals surface area contributed by atoms with E-state index in [0.717, 1.165) is 39.1 Å². The van der Waals surface area contributed by atoms with Gasteiger partial charge in [-0.15, -0.1) is 11.8 Å². The summed E-state index contributed by atoms with van der Waals surface area (Å²) in [5, 5.41) is 11.3. The molecule has 0 aromatic heterocycles. The van der Waals surface area contributed by atoms with Crippen molar-refractivity contribution in [2.45, 2.75) is 17.0 Å². The monoisotopic (exact) mass is 409 g/mol. The van der Waals surface area contributed by atoms with Crippen molar-refractivity contribution in [1.29, 1.82) is 0 Å². The van der Waals surface area contributed by atoms with Gasteiger partial charge in [-0.3, -0.25) is 9.69 Å². The Bertz CT molecular complexity index is 1270. The second-order valence-corrected chi connectivity index (χ2v) is 8.66. The summed E-state index contributed by atoms with van der Waals surface area (Å²) < 4.78 is 0. The maximum absolute atomic E-state index is 13.3. The van der Waals surface area contributed by atoms with Crippen LogP contribution in [0.15, 0.2) is 83.8 Å². The molecule has 2 atom stereocenters. The number of allylic oxidation sites excluding steroid dienone is 2. The first kappa shape index (κ1) is 17.8. The molecular formula is C26H19NO2S. The summed E-state index contributed by atoms with van der Waals surface area (Å²) in [4.78, 5) is 16.3. The van der Waals surface area contributed by atoms with Crippen LogP contribution >= 0.6 is 11.8 Å². The number of nitrogens with zero attached hydrogens (tertiary/aromatic N) is 1. The SMILES string of the molecule is CSc1ccc(C2=C3c4ccccc4[C@@H](O)[C@@H]3N3C(=O)c4ccccc4C3=C2)cc1. The van der Waals surface area contributed by atoms with Crippen LogP contribution in [-0.4, -0.2) is 28.2 Å². The second-order valence-electron chi connectivity index (χ2n) is 7.78. The second kappa shape index (κ2) is 6.46. The molecule has 0 radical (unpaired) electrons. The number of aliphatic hydroxyl groups is 1. The Morgan fingerprint density at radius 1 is 0.867 bits per heavy atom. The average Bonchev–Trinajstić information content (AvgIpc) is 3.26. The Balaban J connectivity index is 1.65. The Hall–Kier alpha value is -3.08. The van der Waals surface area contributed by atoms with Crippen molar-refractivity contribution < 1.29 is 9.90 Å². The lowest BCUT2D eigenvalue weighted by Gasteiger charge is -2.34. The molecule has 0 fully saturated rings. The molecule has 0 bridgehead atoms. The van der Waals surface area contributed by atoms with Crippen LogP contribution in [0.25, 0.3) is 16.8 Å². The van der Waals surface area contributed by atoms with Crippen LogP contribution in [0, 0.1) is 0 Å². The molecule has 2 heterocycles. The quantitative estimate of drug-likeness (QED) is 0.588. The lowest BCUT2D eigenvalue weighted by molar-refractivity contribution is 0.0690. The molecule has 146 valence electrons. The van der Waals surface area contributed by atoms with E-state index < -0.39 is 12.1 Å². The van der Waals surface area contributed by atoms with E-state index in [0.29, 0.717) is 5.56 Å². The van der Waals surface area contributed by atoms with Crippen molar-refractivity contribution in [3.63, 3.8) is 0 Å². The van der Waals surface area contributed by atoms with Gasteiger partial charge in [0.15, 0.2) is 0 Å². The smallest absolute Gasteiger partial charge is 0.259 e. The lowest BCUT2D eigenvalue weighted by atomic mass is 9.88. The summed E-state index contributed by atoms with van der Waals surface area (Å²) in [6, 6.07) is 23.8.